The van der Waals surface area contributed by atoms with Crippen molar-refractivity contribution in [2.24, 2.45) is 0 Å². The van der Waals surface area contributed by atoms with Gasteiger partial charge in [-0.3, -0.25) is 4.79 Å². The van der Waals surface area contributed by atoms with Crippen LogP contribution in [-0.4, -0.2) is 41.5 Å². The molecule has 0 saturated carbocycles. The number of aromatic carboxylic acids is 1. The van der Waals surface area contributed by atoms with E-state index in [1.165, 1.54) is 6.07 Å². The van der Waals surface area contributed by atoms with Gasteiger partial charge in [0, 0.05) is 13.1 Å². The molecule has 20 heavy (non-hydrogen) atoms. The quantitative estimate of drug-likeness (QED) is 0.686. The van der Waals surface area contributed by atoms with Crippen molar-refractivity contribution >= 4 is 23.3 Å². The SMILES string of the molecule is CCN(CC)C(=O)CNc1ccc(F)c(N)c1C(=O)O. The van der Waals surface area contributed by atoms with Crippen molar-refractivity contribution in [3.63, 3.8) is 0 Å². The van der Waals surface area contributed by atoms with Gasteiger partial charge in [0.2, 0.25) is 5.91 Å². The topological polar surface area (TPSA) is 95.7 Å². The number of amides is 1. The molecule has 110 valence electrons. The van der Waals surface area contributed by atoms with Gasteiger partial charge in [0.1, 0.15) is 11.4 Å². The Kier molecular flexibility index (Phi) is 5.31. The molecule has 0 aliphatic carbocycles. The molecule has 0 aromatic heterocycles. The lowest BCUT2D eigenvalue weighted by Gasteiger charge is -2.19. The van der Waals surface area contributed by atoms with Gasteiger partial charge in [0.25, 0.3) is 0 Å². The van der Waals surface area contributed by atoms with Crippen LogP contribution in [0.1, 0.15) is 24.2 Å². The van der Waals surface area contributed by atoms with Crippen LogP contribution in [0.15, 0.2) is 12.1 Å². The van der Waals surface area contributed by atoms with Gasteiger partial charge in [-0.25, -0.2) is 9.18 Å². The normalized spacial score (nSPS) is 10.2. The van der Waals surface area contributed by atoms with E-state index in [2.05, 4.69) is 5.32 Å². The third kappa shape index (κ3) is 3.37. The summed E-state index contributed by atoms with van der Waals surface area (Å²) in [5, 5.41) is 11.7. The zero-order valence-electron chi connectivity index (χ0n) is 11.4. The molecule has 0 saturated heterocycles. The number of rotatable bonds is 6. The highest BCUT2D eigenvalue weighted by Crippen LogP contribution is 2.25. The summed E-state index contributed by atoms with van der Waals surface area (Å²) < 4.78 is 13.3. The Hall–Kier alpha value is -2.31. The molecule has 0 aliphatic heterocycles. The van der Waals surface area contributed by atoms with Crippen molar-refractivity contribution in [1.82, 2.24) is 4.90 Å². The highest BCUT2D eigenvalue weighted by Gasteiger charge is 2.18. The van der Waals surface area contributed by atoms with Crippen LogP contribution in [0.3, 0.4) is 0 Å². The number of halogens is 1. The van der Waals surface area contributed by atoms with Gasteiger partial charge >= 0.3 is 5.97 Å². The van der Waals surface area contributed by atoms with E-state index in [0.717, 1.165) is 6.07 Å². The van der Waals surface area contributed by atoms with Crippen molar-refractivity contribution < 1.29 is 19.1 Å². The van der Waals surface area contributed by atoms with Crippen LogP contribution >= 0.6 is 0 Å². The Morgan fingerprint density at radius 1 is 1.35 bits per heavy atom. The first-order chi connectivity index (χ1) is 9.42. The first-order valence-electron chi connectivity index (χ1n) is 6.25. The molecule has 0 radical (unpaired) electrons. The van der Waals surface area contributed by atoms with Crippen molar-refractivity contribution in [3.05, 3.63) is 23.5 Å². The van der Waals surface area contributed by atoms with Crippen LogP contribution in [0.4, 0.5) is 15.8 Å². The molecule has 4 N–H and O–H groups in total. The van der Waals surface area contributed by atoms with Crippen LogP contribution in [0.2, 0.25) is 0 Å². The van der Waals surface area contributed by atoms with Crippen LogP contribution < -0.4 is 11.1 Å². The average molecular weight is 283 g/mol. The summed E-state index contributed by atoms with van der Waals surface area (Å²) in [6.07, 6.45) is 0. The zero-order chi connectivity index (χ0) is 15.3. The molecule has 1 rings (SSSR count). The second-order valence-electron chi connectivity index (χ2n) is 4.11. The van der Waals surface area contributed by atoms with Gasteiger partial charge < -0.3 is 21.1 Å². The van der Waals surface area contributed by atoms with Crippen molar-refractivity contribution in [3.8, 4) is 0 Å². The smallest absolute Gasteiger partial charge is 0.340 e. The van der Waals surface area contributed by atoms with Crippen LogP contribution in [0.5, 0.6) is 0 Å². The summed E-state index contributed by atoms with van der Waals surface area (Å²) in [4.78, 5) is 24.5. The number of nitrogens with one attached hydrogen (secondary N) is 1. The number of carbonyl (C=O) groups excluding carboxylic acids is 1. The highest BCUT2D eigenvalue weighted by molar-refractivity contribution is 6.00. The van der Waals surface area contributed by atoms with E-state index in [1.807, 2.05) is 13.8 Å². The van der Waals surface area contributed by atoms with Gasteiger partial charge in [0.15, 0.2) is 0 Å². The van der Waals surface area contributed by atoms with Crippen molar-refractivity contribution in [2.45, 2.75) is 13.8 Å². The first kappa shape index (κ1) is 15.7. The molecule has 0 aliphatic rings. The Morgan fingerprint density at radius 3 is 2.45 bits per heavy atom. The van der Waals surface area contributed by atoms with Crippen LogP contribution in [0.25, 0.3) is 0 Å². The standard InChI is InChI=1S/C13H18FN3O3/c1-3-17(4-2)10(18)7-16-9-6-5-8(14)12(15)11(9)13(19)20/h5-6,16H,3-4,7,15H2,1-2H3,(H,19,20). The largest absolute Gasteiger partial charge is 0.478 e. The summed E-state index contributed by atoms with van der Waals surface area (Å²) >= 11 is 0. The molecule has 0 fully saturated rings. The number of nitrogens with zero attached hydrogens (tertiary/aromatic N) is 1. The highest BCUT2D eigenvalue weighted by atomic mass is 19.1. The second-order valence-corrected chi connectivity index (χ2v) is 4.11. The number of hydrogen-bond acceptors (Lipinski definition) is 4. The monoisotopic (exact) mass is 283 g/mol. The van der Waals surface area contributed by atoms with E-state index in [0.29, 0.717) is 13.1 Å². The van der Waals surface area contributed by atoms with E-state index in [4.69, 9.17) is 10.8 Å². The number of likely N-dealkylation sites (N-methyl/N-ethyl adjacent to an activating group) is 1. The lowest BCUT2D eigenvalue weighted by Crippen LogP contribution is -2.35. The third-order valence-corrected chi connectivity index (χ3v) is 2.95. The van der Waals surface area contributed by atoms with E-state index >= 15 is 0 Å². The number of carboxylic acids is 1. The average Bonchev–Trinajstić information content (AvgIpc) is 2.41. The predicted octanol–water partition coefficient (Wildman–Crippen LogP) is 1.39. The fourth-order valence-electron chi connectivity index (χ4n) is 1.83. The maximum atomic E-state index is 13.3. The second kappa shape index (κ2) is 6.74. The molecule has 0 heterocycles. The van der Waals surface area contributed by atoms with Gasteiger partial charge in [-0.1, -0.05) is 0 Å². The van der Waals surface area contributed by atoms with Crippen molar-refractivity contribution in [1.29, 1.82) is 0 Å². The zero-order valence-corrected chi connectivity index (χ0v) is 11.4. The Bertz CT molecular complexity index is 516. The van der Waals surface area contributed by atoms with Gasteiger partial charge in [-0.15, -0.1) is 0 Å². The molecular weight excluding hydrogens is 265 g/mol. The Labute approximate surface area is 116 Å². The molecule has 0 spiro atoms. The Balaban J connectivity index is 2.91. The first-order valence-corrected chi connectivity index (χ1v) is 6.25. The fraction of sp³-hybridized carbons (Fsp3) is 0.385. The minimum Gasteiger partial charge on any atom is -0.478 e. The van der Waals surface area contributed by atoms with Gasteiger partial charge in [-0.05, 0) is 26.0 Å². The summed E-state index contributed by atoms with van der Waals surface area (Å²) in [7, 11) is 0. The minimum atomic E-state index is -1.35. The summed E-state index contributed by atoms with van der Waals surface area (Å²) in [5.41, 5.74) is 4.72. The summed E-state index contributed by atoms with van der Waals surface area (Å²) in [6.45, 7) is 4.75. The third-order valence-electron chi connectivity index (χ3n) is 2.95. The van der Waals surface area contributed by atoms with E-state index in [1.54, 1.807) is 4.90 Å². The minimum absolute atomic E-state index is 0.0764. The van der Waals surface area contributed by atoms with Crippen molar-refractivity contribution in [2.75, 3.05) is 30.7 Å². The maximum Gasteiger partial charge on any atom is 0.340 e. The number of hydrogen-bond donors (Lipinski definition) is 3. The molecule has 0 bridgehead atoms. The number of carboxylic acid groups (broad SMARTS) is 1. The Morgan fingerprint density at radius 2 is 1.95 bits per heavy atom. The lowest BCUT2D eigenvalue weighted by molar-refractivity contribution is -0.128. The van der Waals surface area contributed by atoms with Gasteiger partial charge in [0.05, 0.1) is 17.9 Å². The number of carbonyl (C=O) groups is 2. The van der Waals surface area contributed by atoms with Crippen LogP contribution in [-0.2, 0) is 4.79 Å². The molecule has 6 nitrogen and oxygen atoms in total. The molecule has 0 atom stereocenters. The molecule has 1 aromatic rings. The molecule has 7 heteroatoms. The maximum absolute atomic E-state index is 13.3. The predicted molar refractivity (Wildman–Crippen MR) is 74.2 cm³/mol. The molecule has 1 aromatic carbocycles. The van der Waals surface area contributed by atoms with E-state index < -0.39 is 17.5 Å². The molecule has 1 amide bonds. The number of benzene rings is 1. The van der Waals surface area contributed by atoms with E-state index in [-0.39, 0.29) is 23.7 Å². The summed E-state index contributed by atoms with van der Waals surface area (Å²) in [6, 6.07) is 2.32. The molecule has 0 unspecified atom stereocenters. The lowest BCUT2D eigenvalue weighted by atomic mass is 10.1. The summed E-state index contributed by atoms with van der Waals surface area (Å²) in [5.74, 6) is -2.32. The van der Waals surface area contributed by atoms with Crippen LogP contribution in [0, 0.1) is 5.82 Å². The van der Waals surface area contributed by atoms with Gasteiger partial charge in [-0.2, -0.15) is 0 Å². The number of nitrogen functional groups attached to an aromatic ring is 1. The number of anilines is 2. The fourth-order valence-corrected chi connectivity index (χ4v) is 1.83. The number of nitrogens with two attached hydrogens (primary N) is 1. The van der Waals surface area contributed by atoms with E-state index in [9.17, 15) is 14.0 Å². The molecular formula is C13H18FN3O3.